The van der Waals surface area contributed by atoms with E-state index < -0.39 is 11.6 Å². The van der Waals surface area contributed by atoms with E-state index in [1.165, 1.54) is 0 Å². The van der Waals surface area contributed by atoms with E-state index in [2.05, 4.69) is 0 Å². The lowest BCUT2D eigenvalue weighted by atomic mass is 10.1. The topological polar surface area (TPSA) is 46.2 Å². The molecule has 0 aliphatic carbocycles. The van der Waals surface area contributed by atoms with Gasteiger partial charge in [-0.15, -0.1) is 0 Å². The van der Waals surface area contributed by atoms with Crippen LogP contribution in [0.15, 0.2) is 12.1 Å². The predicted octanol–water partition coefficient (Wildman–Crippen LogP) is 1.56. The average molecular weight is 187 g/mol. The molecule has 0 bridgehead atoms. The van der Waals surface area contributed by atoms with Crippen LogP contribution in [0.4, 0.5) is 8.78 Å². The molecule has 1 rings (SSSR count). The molecule has 3 N–H and O–H groups in total. The summed E-state index contributed by atoms with van der Waals surface area (Å²) in [5, 5.41) is 9.18. The summed E-state index contributed by atoms with van der Waals surface area (Å²) >= 11 is 0. The summed E-state index contributed by atoms with van der Waals surface area (Å²) in [7, 11) is 0. The van der Waals surface area contributed by atoms with Crippen molar-refractivity contribution in [1.82, 2.24) is 0 Å². The van der Waals surface area contributed by atoms with Crippen molar-refractivity contribution >= 4 is 0 Å². The van der Waals surface area contributed by atoms with Gasteiger partial charge >= 0.3 is 0 Å². The number of aromatic hydroxyl groups is 1. The van der Waals surface area contributed by atoms with Gasteiger partial charge in [0.1, 0.15) is 17.4 Å². The monoisotopic (exact) mass is 187 g/mol. The van der Waals surface area contributed by atoms with Gasteiger partial charge in [0, 0.05) is 17.7 Å². The van der Waals surface area contributed by atoms with Crippen LogP contribution in [0.5, 0.6) is 5.75 Å². The molecular formula is C9H11F2NO. The Balaban J connectivity index is 2.92. The quantitative estimate of drug-likeness (QED) is 0.754. The summed E-state index contributed by atoms with van der Waals surface area (Å²) in [5.74, 6) is -1.83. The van der Waals surface area contributed by atoms with Gasteiger partial charge in [-0.05, 0) is 19.4 Å². The van der Waals surface area contributed by atoms with E-state index in [0.29, 0.717) is 19.4 Å². The predicted molar refractivity (Wildman–Crippen MR) is 45.4 cm³/mol. The van der Waals surface area contributed by atoms with E-state index in [4.69, 9.17) is 5.73 Å². The van der Waals surface area contributed by atoms with Crippen molar-refractivity contribution in [3.63, 3.8) is 0 Å². The summed E-state index contributed by atoms with van der Waals surface area (Å²) in [6, 6.07) is 1.65. The summed E-state index contributed by atoms with van der Waals surface area (Å²) < 4.78 is 25.5. The second kappa shape index (κ2) is 4.18. The Morgan fingerprint density at radius 2 is 2.00 bits per heavy atom. The largest absolute Gasteiger partial charge is 0.507 e. The van der Waals surface area contributed by atoms with Crippen molar-refractivity contribution in [2.45, 2.75) is 12.8 Å². The van der Waals surface area contributed by atoms with Gasteiger partial charge in [-0.3, -0.25) is 0 Å². The molecule has 0 spiro atoms. The number of hydrogen-bond acceptors (Lipinski definition) is 2. The van der Waals surface area contributed by atoms with Crippen molar-refractivity contribution in [3.05, 3.63) is 29.3 Å². The third kappa shape index (κ3) is 2.39. The molecular weight excluding hydrogens is 176 g/mol. The zero-order chi connectivity index (χ0) is 9.84. The van der Waals surface area contributed by atoms with Crippen LogP contribution in [0, 0.1) is 11.6 Å². The fourth-order valence-corrected chi connectivity index (χ4v) is 1.12. The van der Waals surface area contributed by atoms with Crippen molar-refractivity contribution in [2.24, 2.45) is 5.73 Å². The second-order valence-electron chi connectivity index (χ2n) is 2.78. The minimum absolute atomic E-state index is 0.131. The van der Waals surface area contributed by atoms with Crippen molar-refractivity contribution in [2.75, 3.05) is 6.54 Å². The lowest BCUT2D eigenvalue weighted by Crippen LogP contribution is -2.02. The van der Waals surface area contributed by atoms with E-state index in [9.17, 15) is 13.9 Å². The highest BCUT2D eigenvalue weighted by Gasteiger charge is 2.09. The summed E-state index contributed by atoms with van der Waals surface area (Å²) in [4.78, 5) is 0. The zero-order valence-electron chi connectivity index (χ0n) is 7.06. The number of phenols is 1. The zero-order valence-corrected chi connectivity index (χ0v) is 7.06. The van der Waals surface area contributed by atoms with Crippen molar-refractivity contribution in [3.8, 4) is 5.75 Å². The van der Waals surface area contributed by atoms with E-state index in [-0.39, 0.29) is 11.3 Å². The third-order valence-corrected chi connectivity index (χ3v) is 1.77. The van der Waals surface area contributed by atoms with Gasteiger partial charge in [0.2, 0.25) is 0 Å². The minimum atomic E-state index is -0.772. The van der Waals surface area contributed by atoms with Crippen LogP contribution in [0.25, 0.3) is 0 Å². The first-order valence-corrected chi connectivity index (χ1v) is 4.02. The number of phenolic OH excluding ortho intramolecular Hbond substituents is 1. The van der Waals surface area contributed by atoms with Crippen molar-refractivity contribution in [1.29, 1.82) is 0 Å². The maximum absolute atomic E-state index is 13.0. The fourth-order valence-electron chi connectivity index (χ4n) is 1.12. The molecule has 1 aromatic carbocycles. The van der Waals surface area contributed by atoms with Crippen LogP contribution < -0.4 is 5.73 Å². The smallest absolute Gasteiger partial charge is 0.133 e. The molecule has 0 amide bonds. The molecule has 0 aliphatic heterocycles. The van der Waals surface area contributed by atoms with E-state index in [0.717, 1.165) is 12.1 Å². The van der Waals surface area contributed by atoms with Gasteiger partial charge in [-0.1, -0.05) is 0 Å². The molecule has 0 radical (unpaired) electrons. The molecule has 0 saturated carbocycles. The molecule has 72 valence electrons. The van der Waals surface area contributed by atoms with E-state index >= 15 is 0 Å². The first kappa shape index (κ1) is 9.92. The molecule has 0 aromatic heterocycles. The summed E-state index contributed by atoms with van der Waals surface area (Å²) in [5.41, 5.74) is 5.36. The normalized spacial score (nSPS) is 10.4. The van der Waals surface area contributed by atoms with Gasteiger partial charge in [0.15, 0.2) is 0 Å². The molecule has 0 fully saturated rings. The second-order valence-corrected chi connectivity index (χ2v) is 2.78. The molecule has 0 aliphatic rings. The van der Waals surface area contributed by atoms with Crippen LogP contribution in [0.2, 0.25) is 0 Å². The van der Waals surface area contributed by atoms with E-state index in [1.54, 1.807) is 0 Å². The molecule has 13 heavy (non-hydrogen) atoms. The lowest BCUT2D eigenvalue weighted by Gasteiger charge is -2.04. The highest BCUT2D eigenvalue weighted by atomic mass is 19.1. The summed E-state index contributed by atoms with van der Waals surface area (Å²) in [6.45, 7) is 0.413. The van der Waals surface area contributed by atoms with Gasteiger partial charge in [0.05, 0.1) is 0 Å². The number of halogens is 2. The van der Waals surface area contributed by atoms with Gasteiger partial charge in [-0.25, -0.2) is 8.78 Å². The minimum Gasteiger partial charge on any atom is -0.507 e. The molecule has 0 atom stereocenters. The maximum atomic E-state index is 13.0. The Morgan fingerprint density at radius 3 is 2.54 bits per heavy atom. The number of rotatable bonds is 3. The third-order valence-electron chi connectivity index (χ3n) is 1.77. The molecule has 0 saturated heterocycles. The van der Waals surface area contributed by atoms with Crippen LogP contribution >= 0.6 is 0 Å². The lowest BCUT2D eigenvalue weighted by molar-refractivity contribution is 0.448. The molecule has 1 aromatic rings. The Hall–Kier alpha value is -1.16. The Labute approximate surface area is 75.0 Å². The first-order chi connectivity index (χ1) is 6.15. The maximum Gasteiger partial charge on any atom is 0.133 e. The molecule has 0 unspecified atom stereocenters. The molecule has 4 heteroatoms. The number of hydrogen-bond donors (Lipinski definition) is 2. The first-order valence-electron chi connectivity index (χ1n) is 4.02. The fraction of sp³-hybridized carbons (Fsp3) is 0.333. The molecule has 2 nitrogen and oxygen atoms in total. The van der Waals surface area contributed by atoms with Crippen LogP contribution in [-0.4, -0.2) is 11.7 Å². The SMILES string of the molecule is NCCCc1c(O)cc(F)cc1F. The Bertz CT molecular complexity index is 279. The number of benzene rings is 1. The van der Waals surface area contributed by atoms with Crippen LogP contribution in [-0.2, 0) is 6.42 Å². The van der Waals surface area contributed by atoms with Gasteiger partial charge < -0.3 is 10.8 Å². The highest BCUT2D eigenvalue weighted by molar-refractivity contribution is 5.34. The van der Waals surface area contributed by atoms with Crippen molar-refractivity contribution < 1.29 is 13.9 Å². The average Bonchev–Trinajstić information content (AvgIpc) is 2.02. The van der Waals surface area contributed by atoms with E-state index in [1.807, 2.05) is 0 Å². The highest BCUT2D eigenvalue weighted by Crippen LogP contribution is 2.22. The van der Waals surface area contributed by atoms with Gasteiger partial charge in [-0.2, -0.15) is 0 Å². The summed E-state index contributed by atoms with van der Waals surface area (Å²) in [6.07, 6.45) is 0.893. The Morgan fingerprint density at radius 1 is 1.31 bits per heavy atom. The number of nitrogens with two attached hydrogens (primary N) is 1. The Kier molecular flexibility index (Phi) is 3.19. The standard InChI is InChI=1S/C9H11F2NO/c10-6-4-8(11)7(2-1-3-12)9(13)5-6/h4-5,13H,1-3,12H2. The van der Waals surface area contributed by atoms with Crippen LogP contribution in [0.1, 0.15) is 12.0 Å². The van der Waals surface area contributed by atoms with Gasteiger partial charge in [0.25, 0.3) is 0 Å². The molecule has 0 heterocycles. The van der Waals surface area contributed by atoms with Crippen LogP contribution in [0.3, 0.4) is 0 Å².